The highest BCUT2D eigenvalue weighted by atomic mass is 32.1. The minimum Gasteiger partial charge on any atom is -0.492 e. The van der Waals surface area contributed by atoms with Crippen LogP contribution in [0, 0.1) is 5.82 Å². The first kappa shape index (κ1) is 17.1. The number of nitrogens with one attached hydrogen (secondary N) is 1. The third kappa shape index (κ3) is 5.12. The number of rotatable bonds is 8. The van der Waals surface area contributed by atoms with Gasteiger partial charge >= 0.3 is 0 Å². The Morgan fingerprint density at radius 2 is 2.12 bits per heavy atom. The predicted octanol–water partition coefficient (Wildman–Crippen LogP) is 3.07. The molecule has 6 nitrogen and oxygen atoms in total. The molecule has 0 saturated carbocycles. The van der Waals surface area contributed by atoms with Crippen LogP contribution >= 0.6 is 11.3 Å². The van der Waals surface area contributed by atoms with Crippen LogP contribution in [0.5, 0.6) is 5.75 Å². The molecule has 3 aromatic rings. The van der Waals surface area contributed by atoms with Crippen LogP contribution in [-0.2, 0) is 11.2 Å². The maximum absolute atomic E-state index is 12.8. The third-order valence-electron chi connectivity index (χ3n) is 3.32. The van der Waals surface area contributed by atoms with Crippen LogP contribution in [0.25, 0.3) is 11.4 Å². The molecule has 0 spiro atoms. The lowest BCUT2D eigenvalue weighted by Crippen LogP contribution is -2.28. The van der Waals surface area contributed by atoms with E-state index in [0.29, 0.717) is 37.0 Å². The second kappa shape index (κ2) is 8.39. The van der Waals surface area contributed by atoms with Crippen LogP contribution in [0.3, 0.4) is 0 Å². The molecule has 0 fully saturated rings. The zero-order valence-electron chi connectivity index (χ0n) is 13.3. The number of thiophene rings is 1. The van der Waals surface area contributed by atoms with E-state index in [4.69, 9.17) is 9.26 Å². The Morgan fingerprint density at radius 1 is 1.28 bits per heavy atom. The average molecular weight is 361 g/mol. The van der Waals surface area contributed by atoms with E-state index in [-0.39, 0.29) is 18.1 Å². The van der Waals surface area contributed by atoms with Gasteiger partial charge in [0, 0.05) is 23.8 Å². The molecule has 25 heavy (non-hydrogen) atoms. The smallest absolute Gasteiger partial charge is 0.227 e. The summed E-state index contributed by atoms with van der Waals surface area (Å²) in [6.07, 6.45) is 0.629. The Hall–Kier alpha value is -2.74. The van der Waals surface area contributed by atoms with Crippen molar-refractivity contribution in [3.8, 4) is 17.1 Å². The van der Waals surface area contributed by atoms with Gasteiger partial charge in [0.15, 0.2) is 0 Å². The number of ether oxygens (including phenoxy) is 1. The summed E-state index contributed by atoms with van der Waals surface area (Å²) in [5.74, 6) is 1.08. The number of amides is 1. The Labute approximate surface area is 147 Å². The molecule has 2 aromatic heterocycles. The molecule has 1 N–H and O–H groups in total. The standard InChI is InChI=1S/C17H16FN3O3S/c18-13-1-3-14(4-2-13)23-9-8-19-15(22)5-6-16-20-17(21-24-16)12-7-10-25-11-12/h1-4,7,10-11H,5-6,8-9H2,(H,19,22). The van der Waals surface area contributed by atoms with Gasteiger partial charge in [-0.25, -0.2) is 4.39 Å². The van der Waals surface area contributed by atoms with E-state index >= 15 is 0 Å². The second-order valence-corrected chi connectivity index (χ2v) is 5.96. The van der Waals surface area contributed by atoms with Crippen LogP contribution in [-0.4, -0.2) is 29.2 Å². The van der Waals surface area contributed by atoms with Gasteiger partial charge in [0.2, 0.25) is 17.6 Å². The van der Waals surface area contributed by atoms with Crippen LogP contribution in [0.15, 0.2) is 45.6 Å². The third-order valence-corrected chi connectivity index (χ3v) is 4.00. The van der Waals surface area contributed by atoms with Crippen molar-refractivity contribution in [2.45, 2.75) is 12.8 Å². The summed E-state index contributed by atoms with van der Waals surface area (Å²) < 4.78 is 23.3. The summed E-state index contributed by atoms with van der Waals surface area (Å²) in [4.78, 5) is 16.1. The number of nitrogens with zero attached hydrogens (tertiary/aromatic N) is 2. The normalized spacial score (nSPS) is 10.6. The van der Waals surface area contributed by atoms with Crippen molar-refractivity contribution in [2.75, 3.05) is 13.2 Å². The highest BCUT2D eigenvalue weighted by Crippen LogP contribution is 2.18. The maximum Gasteiger partial charge on any atom is 0.227 e. The van der Waals surface area contributed by atoms with Crippen molar-refractivity contribution in [1.29, 1.82) is 0 Å². The van der Waals surface area contributed by atoms with Gasteiger partial charge in [0.1, 0.15) is 18.2 Å². The number of carbonyl (C=O) groups is 1. The molecule has 0 saturated heterocycles. The number of aryl methyl sites for hydroxylation is 1. The summed E-state index contributed by atoms with van der Waals surface area (Å²) in [7, 11) is 0. The first-order chi connectivity index (χ1) is 12.2. The van der Waals surface area contributed by atoms with E-state index < -0.39 is 0 Å². The number of halogens is 1. The summed E-state index contributed by atoms with van der Waals surface area (Å²) in [5.41, 5.74) is 0.905. The molecule has 1 amide bonds. The van der Waals surface area contributed by atoms with Crippen molar-refractivity contribution in [2.24, 2.45) is 0 Å². The van der Waals surface area contributed by atoms with Gasteiger partial charge in [-0.3, -0.25) is 4.79 Å². The Morgan fingerprint density at radius 3 is 2.88 bits per heavy atom. The van der Waals surface area contributed by atoms with Crippen molar-refractivity contribution >= 4 is 17.2 Å². The van der Waals surface area contributed by atoms with E-state index in [1.165, 1.54) is 24.3 Å². The quantitative estimate of drug-likeness (QED) is 0.624. The molecule has 0 bridgehead atoms. The number of benzene rings is 1. The minimum absolute atomic E-state index is 0.127. The van der Waals surface area contributed by atoms with Gasteiger partial charge in [-0.2, -0.15) is 16.3 Å². The molecule has 0 atom stereocenters. The molecule has 0 radical (unpaired) electrons. The van der Waals surface area contributed by atoms with Gasteiger partial charge in [0.25, 0.3) is 0 Å². The molecule has 1 aromatic carbocycles. The van der Waals surface area contributed by atoms with E-state index in [9.17, 15) is 9.18 Å². The van der Waals surface area contributed by atoms with Gasteiger partial charge in [-0.15, -0.1) is 0 Å². The molecular formula is C17H16FN3O3S. The number of hydrogen-bond acceptors (Lipinski definition) is 6. The monoisotopic (exact) mass is 361 g/mol. The topological polar surface area (TPSA) is 77.2 Å². The molecule has 0 unspecified atom stereocenters. The number of carbonyl (C=O) groups excluding carboxylic acids is 1. The largest absolute Gasteiger partial charge is 0.492 e. The Bertz CT molecular complexity index is 803. The van der Waals surface area contributed by atoms with E-state index in [1.807, 2.05) is 16.8 Å². The Balaban J connectivity index is 1.35. The second-order valence-electron chi connectivity index (χ2n) is 5.18. The van der Waals surface area contributed by atoms with Crippen LogP contribution in [0.4, 0.5) is 4.39 Å². The van der Waals surface area contributed by atoms with Gasteiger partial charge in [-0.05, 0) is 35.7 Å². The summed E-state index contributed by atoms with van der Waals surface area (Å²) in [6.45, 7) is 0.667. The summed E-state index contributed by atoms with van der Waals surface area (Å²) in [6, 6.07) is 7.63. The zero-order valence-corrected chi connectivity index (χ0v) is 14.1. The summed E-state index contributed by atoms with van der Waals surface area (Å²) >= 11 is 1.56. The molecule has 0 aliphatic carbocycles. The average Bonchev–Trinajstić information content (AvgIpc) is 3.29. The van der Waals surface area contributed by atoms with Crippen LogP contribution < -0.4 is 10.1 Å². The van der Waals surface area contributed by atoms with Crippen molar-refractivity contribution in [1.82, 2.24) is 15.5 Å². The fourth-order valence-corrected chi connectivity index (χ4v) is 2.70. The molecular weight excluding hydrogens is 345 g/mol. The molecule has 3 rings (SSSR count). The maximum atomic E-state index is 12.8. The number of aromatic nitrogens is 2. The lowest BCUT2D eigenvalue weighted by atomic mass is 10.3. The first-order valence-corrected chi connectivity index (χ1v) is 8.65. The molecule has 0 aliphatic rings. The van der Waals surface area contributed by atoms with Gasteiger partial charge < -0.3 is 14.6 Å². The van der Waals surface area contributed by atoms with E-state index in [0.717, 1.165) is 5.56 Å². The lowest BCUT2D eigenvalue weighted by Gasteiger charge is -2.07. The van der Waals surface area contributed by atoms with Crippen LogP contribution in [0.1, 0.15) is 12.3 Å². The minimum atomic E-state index is -0.316. The SMILES string of the molecule is O=C(CCc1nc(-c2ccsc2)no1)NCCOc1ccc(F)cc1. The Kier molecular flexibility index (Phi) is 5.73. The number of hydrogen-bond donors (Lipinski definition) is 1. The molecule has 2 heterocycles. The highest BCUT2D eigenvalue weighted by Gasteiger charge is 2.10. The van der Waals surface area contributed by atoms with E-state index in [1.54, 1.807) is 11.3 Å². The van der Waals surface area contributed by atoms with Gasteiger partial charge in [-0.1, -0.05) is 5.16 Å². The highest BCUT2D eigenvalue weighted by molar-refractivity contribution is 7.08. The first-order valence-electron chi connectivity index (χ1n) is 7.71. The molecule has 0 aliphatic heterocycles. The van der Waals surface area contributed by atoms with Crippen molar-refractivity contribution < 1.29 is 18.4 Å². The van der Waals surface area contributed by atoms with E-state index in [2.05, 4.69) is 15.5 Å². The molecule has 130 valence electrons. The fraction of sp³-hybridized carbons (Fsp3) is 0.235. The van der Waals surface area contributed by atoms with Gasteiger partial charge in [0.05, 0.1) is 6.54 Å². The predicted molar refractivity (Wildman–Crippen MR) is 90.8 cm³/mol. The van der Waals surface area contributed by atoms with Crippen LogP contribution in [0.2, 0.25) is 0 Å². The molecule has 8 heteroatoms. The summed E-state index contributed by atoms with van der Waals surface area (Å²) in [5, 5.41) is 10.5. The van der Waals surface area contributed by atoms with Crippen molar-refractivity contribution in [3.63, 3.8) is 0 Å². The van der Waals surface area contributed by atoms with Crippen molar-refractivity contribution in [3.05, 3.63) is 52.8 Å². The lowest BCUT2D eigenvalue weighted by molar-refractivity contribution is -0.121. The zero-order chi connectivity index (χ0) is 17.5. The fourth-order valence-electron chi connectivity index (χ4n) is 2.06.